The Morgan fingerprint density at radius 3 is 2.79 bits per heavy atom. The van der Waals surface area contributed by atoms with Crippen LogP contribution in [0.1, 0.15) is 43.2 Å². The van der Waals surface area contributed by atoms with E-state index in [1.807, 2.05) is 0 Å². The van der Waals surface area contributed by atoms with Gasteiger partial charge in [-0.05, 0) is 49.3 Å². The van der Waals surface area contributed by atoms with E-state index >= 15 is 0 Å². The molecule has 1 aliphatic heterocycles. The number of carbonyl (C=O) groups is 1. The zero-order valence-corrected chi connectivity index (χ0v) is 13.1. The molecule has 2 aromatic rings. The van der Waals surface area contributed by atoms with Crippen LogP contribution in [-0.4, -0.2) is 38.7 Å². The average Bonchev–Trinajstić information content (AvgIpc) is 3.39. The van der Waals surface area contributed by atoms with Crippen molar-refractivity contribution in [2.45, 2.75) is 37.6 Å². The lowest BCUT2D eigenvalue weighted by Gasteiger charge is -2.31. The van der Waals surface area contributed by atoms with E-state index in [9.17, 15) is 14.0 Å². The molecule has 1 aromatic heterocycles. The second kappa shape index (κ2) is 5.58. The molecular formula is C17H18FN3O3. The second-order valence-electron chi connectivity index (χ2n) is 6.65. The van der Waals surface area contributed by atoms with E-state index in [4.69, 9.17) is 5.11 Å². The first-order valence-electron chi connectivity index (χ1n) is 8.23. The van der Waals surface area contributed by atoms with E-state index in [0.29, 0.717) is 30.8 Å². The van der Waals surface area contributed by atoms with Crippen molar-refractivity contribution >= 4 is 17.0 Å². The van der Waals surface area contributed by atoms with Gasteiger partial charge in [0.15, 0.2) is 0 Å². The number of hydrogen-bond acceptors (Lipinski definition) is 3. The van der Waals surface area contributed by atoms with Crippen molar-refractivity contribution in [3.05, 3.63) is 40.2 Å². The summed E-state index contributed by atoms with van der Waals surface area (Å²) >= 11 is 0. The molecule has 0 spiro atoms. The molecule has 1 saturated heterocycles. The number of halogens is 1. The largest absolute Gasteiger partial charge is 0.465 e. The number of amides is 1. The molecule has 7 heteroatoms. The number of piperidine rings is 1. The van der Waals surface area contributed by atoms with Crippen LogP contribution in [0.3, 0.4) is 0 Å². The highest BCUT2D eigenvalue weighted by Crippen LogP contribution is 2.41. The first kappa shape index (κ1) is 15.1. The Morgan fingerprint density at radius 2 is 2.08 bits per heavy atom. The minimum Gasteiger partial charge on any atom is -0.465 e. The van der Waals surface area contributed by atoms with Crippen LogP contribution in [0.25, 0.3) is 10.9 Å². The van der Waals surface area contributed by atoms with E-state index in [0.717, 1.165) is 18.4 Å². The van der Waals surface area contributed by atoms with Crippen LogP contribution >= 0.6 is 0 Å². The third-order valence-electron chi connectivity index (χ3n) is 4.97. The summed E-state index contributed by atoms with van der Waals surface area (Å²) in [6, 6.07) is 2.94. The first-order chi connectivity index (χ1) is 11.5. The molecule has 1 atom stereocenters. The molecule has 1 unspecified atom stereocenters. The summed E-state index contributed by atoms with van der Waals surface area (Å²) in [5.74, 6) is -0.150. The van der Waals surface area contributed by atoms with Crippen molar-refractivity contribution in [1.29, 1.82) is 0 Å². The fourth-order valence-corrected chi connectivity index (χ4v) is 3.50. The molecule has 126 valence electrons. The molecule has 6 nitrogen and oxygen atoms in total. The van der Waals surface area contributed by atoms with Gasteiger partial charge in [-0.25, -0.2) is 14.2 Å². The lowest BCUT2D eigenvalue weighted by Crippen LogP contribution is -2.42. The molecular weight excluding hydrogens is 313 g/mol. The Kier molecular flexibility index (Phi) is 3.51. The Hall–Kier alpha value is -2.44. The van der Waals surface area contributed by atoms with Gasteiger partial charge in [-0.2, -0.15) is 0 Å². The van der Waals surface area contributed by atoms with Gasteiger partial charge in [0, 0.05) is 13.1 Å². The highest BCUT2D eigenvalue weighted by Gasteiger charge is 2.28. The average molecular weight is 331 g/mol. The Bertz CT molecular complexity index is 875. The number of benzene rings is 1. The molecule has 0 bridgehead atoms. The number of hydrogen-bond donors (Lipinski definition) is 1. The normalized spacial score (nSPS) is 21.2. The topological polar surface area (TPSA) is 75.4 Å². The molecule has 1 aromatic carbocycles. The van der Waals surface area contributed by atoms with Crippen molar-refractivity contribution in [2.75, 3.05) is 13.1 Å². The smallest absolute Gasteiger partial charge is 0.407 e. The summed E-state index contributed by atoms with van der Waals surface area (Å²) in [6.45, 7) is 0.685. The fraction of sp³-hybridized carbons (Fsp3) is 0.471. The van der Waals surface area contributed by atoms with Gasteiger partial charge in [0.2, 0.25) is 0 Å². The van der Waals surface area contributed by atoms with E-state index < -0.39 is 17.5 Å². The van der Waals surface area contributed by atoms with Gasteiger partial charge in [-0.3, -0.25) is 9.36 Å². The first-order valence-corrected chi connectivity index (χ1v) is 8.23. The van der Waals surface area contributed by atoms with Crippen LogP contribution in [-0.2, 0) is 0 Å². The number of likely N-dealkylation sites (tertiary alicyclic amines) is 1. The molecule has 4 rings (SSSR count). The molecule has 1 aliphatic carbocycles. The summed E-state index contributed by atoms with van der Waals surface area (Å²) < 4.78 is 15.9. The summed E-state index contributed by atoms with van der Waals surface area (Å²) in [6.07, 6.45) is 3.88. The summed E-state index contributed by atoms with van der Waals surface area (Å²) in [7, 11) is 0. The lowest BCUT2D eigenvalue weighted by atomic mass is 10.0. The van der Waals surface area contributed by atoms with Gasteiger partial charge in [0.05, 0.1) is 17.9 Å². The maximum Gasteiger partial charge on any atom is 0.407 e. The van der Waals surface area contributed by atoms with Gasteiger partial charge in [0.1, 0.15) is 11.2 Å². The highest BCUT2D eigenvalue weighted by atomic mass is 19.1. The van der Waals surface area contributed by atoms with Crippen LogP contribution in [0.2, 0.25) is 0 Å². The third-order valence-corrected chi connectivity index (χ3v) is 4.97. The van der Waals surface area contributed by atoms with Crippen LogP contribution in [0.4, 0.5) is 9.18 Å². The monoisotopic (exact) mass is 331 g/mol. The standard InChI is InChI=1S/C17H18FN3O3/c18-13-6-11(10-3-4-10)7-14-15(13)16(22)21(9-19-14)12-2-1-5-20(8-12)17(23)24/h6-7,9-10,12H,1-5,8H2,(H,23,24). The van der Waals surface area contributed by atoms with E-state index in [2.05, 4.69) is 4.98 Å². The Balaban J connectivity index is 1.75. The van der Waals surface area contributed by atoms with Crippen LogP contribution < -0.4 is 5.56 Å². The van der Waals surface area contributed by atoms with Crippen molar-refractivity contribution < 1.29 is 14.3 Å². The molecule has 2 fully saturated rings. The minimum absolute atomic E-state index is 0.00523. The summed E-state index contributed by atoms with van der Waals surface area (Å²) in [4.78, 5) is 29.5. The number of aromatic nitrogens is 2. The molecule has 2 aliphatic rings. The van der Waals surface area contributed by atoms with E-state index in [1.165, 1.54) is 21.9 Å². The predicted octanol–water partition coefficient (Wildman–Crippen LogP) is 2.73. The zero-order chi connectivity index (χ0) is 16.8. The van der Waals surface area contributed by atoms with Crippen molar-refractivity contribution in [2.24, 2.45) is 0 Å². The Labute approximate surface area is 137 Å². The second-order valence-corrected chi connectivity index (χ2v) is 6.65. The molecule has 1 amide bonds. The highest BCUT2D eigenvalue weighted by molar-refractivity contribution is 5.79. The van der Waals surface area contributed by atoms with Gasteiger partial charge < -0.3 is 10.0 Å². The van der Waals surface area contributed by atoms with Crippen LogP contribution in [0.5, 0.6) is 0 Å². The van der Waals surface area contributed by atoms with E-state index in [-0.39, 0.29) is 18.0 Å². The van der Waals surface area contributed by atoms with Gasteiger partial charge in [-0.15, -0.1) is 0 Å². The number of nitrogens with zero attached hydrogens (tertiary/aromatic N) is 3. The van der Waals surface area contributed by atoms with Crippen LogP contribution in [0, 0.1) is 5.82 Å². The van der Waals surface area contributed by atoms with Gasteiger partial charge in [0.25, 0.3) is 5.56 Å². The minimum atomic E-state index is -0.998. The number of fused-ring (bicyclic) bond motifs is 1. The third kappa shape index (κ3) is 2.53. The molecule has 0 radical (unpaired) electrons. The van der Waals surface area contributed by atoms with Gasteiger partial charge >= 0.3 is 6.09 Å². The van der Waals surface area contributed by atoms with E-state index in [1.54, 1.807) is 6.07 Å². The fourth-order valence-electron chi connectivity index (χ4n) is 3.50. The summed E-state index contributed by atoms with van der Waals surface area (Å²) in [5, 5.41) is 9.13. The quantitative estimate of drug-likeness (QED) is 0.918. The van der Waals surface area contributed by atoms with Crippen molar-refractivity contribution in [1.82, 2.24) is 14.5 Å². The SMILES string of the molecule is O=C(O)N1CCCC(n2cnc3cc(C4CC4)cc(F)c3c2=O)C1. The molecule has 1 saturated carbocycles. The maximum atomic E-state index is 14.5. The molecule has 1 N–H and O–H groups in total. The van der Waals surface area contributed by atoms with Crippen molar-refractivity contribution in [3.8, 4) is 0 Å². The van der Waals surface area contributed by atoms with Gasteiger partial charge in [-0.1, -0.05) is 0 Å². The molecule has 2 heterocycles. The molecule has 24 heavy (non-hydrogen) atoms. The van der Waals surface area contributed by atoms with Crippen molar-refractivity contribution in [3.63, 3.8) is 0 Å². The Morgan fingerprint density at radius 1 is 1.29 bits per heavy atom. The maximum absolute atomic E-state index is 14.5. The number of carboxylic acid groups (broad SMARTS) is 1. The van der Waals surface area contributed by atoms with Crippen LogP contribution in [0.15, 0.2) is 23.3 Å². The summed E-state index contributed by atoms with van der Waals surface area (Å²) in [5.41, 5.74) is 0.848. The zero-order valence-electron chi connectivity index (χ0n) is 13.1. The predicted molar refractivity (Wildman–Crippen MR) is 85.8 cm³/mol. The lowest BCUT2D eigenvalue weighted by molar-refractivity contribution is 0.121. The number of rotatable bonds is 2.